The van der Waals surface area contributed by atoms with E-state index in [1.165, 1.54) is 6.33 Å². The van der Waals surface area contributed by atoms with Crippen LogP contribution in [0, 0.1) is 5.92 Å². The third-order valence-corrected chi connectivity index (χ3v) is 5.58. The van der Waals surface area contributed by atoms with E-state index in [0.29, 0.717) is 24.7 Å². The number of hydrogen-bond donors (Lipinski definition) is 1. The van der Waals surface area contributed by atoms with E-state index >= 15 is 0 Å². The van der Waals surface area contributed by atoms with Gasteiger partial charge in [0, 0.05) is 25.2 Å². The highest BCUT2D eigenvalue weighted by Gasteiger charge is 2.34. The number of carbonyl (C=O) groups excluding carboxylic acids is 1. The number of anilines is 1. The molecule has 8 heteroatoms. The van der Waals surface area contributed by atoms with Crippen LogP contribution in [0.4, 0.5) is 5.82 Å². The molecule has 7 nitrogen and oxygen atoms in total. The largest absolute Gasteiger partial charge is 0.370 e. The molecular weight excluding hydrogens is 316 g/mol. The van der Waals surface area contributed by atoms with Crippen molar-refractivity contribution in [3.05, 3.63) is 18.1 Å². The smallest absolute Gasteiger partial charge is 0.272 e. The highest BCUT2D eigenvalue weighted by molar-refractivity contribution is 7.91. The maximum Gasteiger partial charge on any atom is 0.272 e. The summed E-state index contributed by atoms with van der Waals surface area (Å²) in [6, 6.07) is 1.36. The Morgan fingerprint density at radius 1 is 1.43 bits per heavy atom. The lowest BCUT2D eigenvalue weighted by Gasteiger charge is -2.26. The summed E-state index contributed by atoms with van der Waals surface area (Å²) in [6.45, 7) is 7.22. The molecule has 0 aliphatic carbocycles. The SMILES string of the molecule is CCN(C(=O)c1cc(NCC(C)C)ncn1)C1CCS(=O)(=O)C1. The molecule has 128 valence electrons. The van der Waals surface area contributed by atoms with Crippen molar-refractivity contribution in [3.63, 3.8) is 0 Å². The Balaban J connectivity index is 2.13. The normalized spacial score (nSPS) is 19.7. The van der Waals surface area contributed by atoms with Crippen molar-refractivity contribution < 1.29 is 13.2 Å². The first-order valence-electron chi connectivity index (χ1n) is 7.89. The highest BCUT2D eigenvalue weighted by atomic mass is 32.2. The lowest BCUT2D eigenvalue weighted by molar-refractivity contribution is 0.0702. The third kappa shape index (κ3) is 4.63. The standard InChI is InChI=1S/C15H24N4O3S/c1-4-19(12-5-6-23(21,22)9-12)15(20)13-7-14(18-10-17-13)16-8-11(2)3/h7,10-12H,4-6,8-9H2,1-3H3,(H,16,17,18). The Morgan fingerprint density at radius 3 is 2.74 bits per heavy atom. The predicted octanol–water partition coefficient (Wildman–Crippen LogP) is 1.19. The summed E-state index contributed by atoms with van der Waals surface area (Å²) in [5.74, 6) is 0.999. The summed E-state index contributed by atoms with van der Waals surface area (Å²) in [7, 11) is -3.03. The molecule has 1 unspecified atom stereocenters. The van der Waals surface area contributed by atoms with Crippen LogP contribution in [0.25, 0.3) is 0 Å². The zero-order chi connectivity index (χ0) is 17.0. The van der Waals surface area contributed by atoms with Crippen LogP contribution in [0.2, 0.25) is 0 Å². The summed E-state index contributed by atoms with van der Waals surface area (Å²) in [5.41, 5.74) is 0.289. The third-order valence-electron chi connectivity index (χ3n) is 3.83. The maximum absolute atomic E-state index is 12.7. The molecule has 0 bridgehead atoms. The first kappa shape index (κ1) is 17.7. The average molecular weight is 340 g/mol. The molecular formula is C15H24N4O3S. The molecule has 2 rings (SSSR count). The fourth-order valence-electron chi connectivity index (χ4n) is 2.62. The Kier molecular flexibility index (Phi) is 5.56. The second-order valence-corrected chi connectivity index (χ2v) is 8.44. The van der Waals surface area contributed by atoms with Crippen molar-refractivity contribution in [1.29, 1.82) is 0 Å². The number of hydrogen-bond acceptors (Lipinski definition) is 6. The first-order chi connectivity index (χ1) is 10.8. The molecule has 1 amide bonds. The van der Waals surface area contributed by atoms with Gasteiger partial charge in [-0.25, -0.2) is 18.4 Å². The van der Waals surface area contributed by atoms with E-state index in [9.17, 15) is 13.2 Å². The summed E-state index contributed by atoms with van der Waals surface area (Å²) in [6.07, 6.45) is 1.85. The summed E-state index contributed by atoms with van der Waals surface area (Å²) in [5, 5.41) is 3.16. The van der Waals surface area contributed by atoms with Crippen molar-refractivity contribution in [2.75, 3.05) is 29.9 Å². The molecule has 1 aliphatic rings. The van der Waals surface area contributed by atoms with E-state index in [4.69, 9.17) is 0 Å². The Labute approximate surface area is 137 Å². The minimum Gasteiger partial charge on any atom is -0.370 e. The van der Waals surface area contributed by atoms with Gasteiger partial charge in [-0.3, -0.25) is 4.79 Å². The molecule has 1 aromatic rings. The van der Waals surface area contributed by atoms with Crippen LogP contribution in [-0.4, -0.2) is 59.8 Å². The van der Waals surface area contributed by atoms with Crippen molar-refractivity contribution in [3.8, 4) is 0 Å². The summed E-state index contributed by atoms with van der Waals surface area (Å²) < 4.78 is 23.3. The molecule has 0 aromatic carbocycles. The number of nitrogens with one attached hydrogen (secondary N) is 1. The summed E-state index contributed by atoms with van der Waals surface area (Å²) >= 11 is 0. The molecule has 1 N–H and O–H groups in total. The minimum atomic E-state index is -3.03. The van der Waals surface area contributed by atoms with Crippen LogP contribution >= 0.6 is 0 Å². The van der Waals surface area contributed by atoms with Gasteiger partial charge in [0.05, 0.1) is 11.5 Å². The number of amides is 1. The number of aromatic nitrogens is 2. The van der Waals surface area contributed by atoms with E-state index in [0.717, 1.165) is 6.54 Å². The number of carbonyl (C=O) groups is 1. The number of nitrogens with zero attached hydrogens (tertiary/aromatic N) is 3. The lowest BCUT2D eigenvalue weighted by atomic mass is 10.2. The van der Waals surface area contributed by atoms with Gasteiger partial charge >= 0.3 is 0 Å². The quantitative estimate of drug-likeness (QED) is 0.836. The second-order valence-electron chi connectivity index (χ2n) is 6.21. The van der Waals surface area contributed by atoms with E-state index < -0.39 is 9.84 Å². The van der Waals surface area contributed by atoms with Gasteiger partial charge in [0.2, 0.25) is 0 Å². The van der Waals surface area contributed by atoms with Gasteiger partial charge < -0.3 is 10.2 Å². The van der Waals surface area contributed by atoms with Crippen molar-refractivity contribution >= 4 is 21.6 Å². The van der Waals surface area contributed by atoms with Gasteiger partial charge in [0.15, 0.2) is 9.84 Å². The molecule has 1 saturated heterocycles. The molecule has 0 saturated carbocycles. The van der Waals surface area contributed by atoms with Gasteiger partial charge in [-0.05, 0) is 19.3 Å². The lowest BCUT2D eigenvalue weighted by Crippen LogP contribution is -2.41. The topological polar surface area (TPSA) is 92.3 Å². The van der Waals surface area contributed by atoms with Gasteiger partial charge in [0.1, 0.15) is 17.8 Å². The van der Waals surface area contributed by atoms with Crippen LogP contribution < -0.4 is 5.32 Å². The fraction of sp³-hybridized carbons (Fsp3) is 0.667. The molecule has 1 atom stereocenters. The van der Waals surface area contributed by atoms with Crippen molar-refractivity contribution in [1.82, 2.24) is 14.9 Å². The van der Waals surface area contributed by atoms with E-state index in [1.54, 1.807) is 11.0 Å². The molecule has 0 radical (unpaired) electrons. The summed E-state index contributed by atoms with van der Waals surface area (Å²) in [4.78, 5) is 22.4. The minimum absolute atomic E-state index is 0.0378. The average Bonchev–Trinajstić information content (AvgIpc) is 2.86. The van der Waals surface area contributed by atoms with E-state index in [2.05, 4.69) is 29.1 Å². The van der Waals surface area contributed by atoms with Crippen LogP contribution in [0.1, 0.15) is 37.7 Å². The Morgan fingerprint density at radius 2 is 2.17 bits per heavy atom. The predicted molar refractivity (Wildman–Crippen MR) is 89.1 cm³/mol. The monoisotopic (exact) mass is 340 g/mol. The molecule has 1 aromatic heterocycles. The first-order valence-corrected chi connectivity index (χ1v) is 9.72. The van der Waals surface area contributed by atoms with E-state index in [-0.39, 0.29) is 29.1 Å². The molecule has 1 aliphatic heterocycles. The molecule has 2 heterocycles. The maximum atomic E-state index is 12.7. The highest BCUT2D eigenvalue weighted by Crippen LogP contribution is 2.19. The van der Waals surface area contributed by atoms with Gasteiger partial charge in [-0.15, -0.1) is 0 Å². The Bertz CT molecular complexity index is 660. The van der Waals surface area contributed by atoms with Crippen LogP contribution in [-0.2, 0) is 9.84 Å². The van der Waals surface area contributed by atoms with Gasteiger partial charge in [0.25, 0.3) is 5.91 Å². The van der Waals surface area contributed by atoms with Crippen LogP contribution in [0.15, 0.2) is 12.4 Å². The van der Waals surface area contributed by atoms with Crippen molar-refractivity contribution in [2.45, 2.75) is 33.2 Å². The van der Waals surface area contributed by atoms with Gasteiger partial charge in [-0.2, -0.15) is 0 Å². The molecule has 1 fully saturated rings. The molecule has 23 heavy (non-hydrogen) atoms. The zero-order valence-corrected chi connectivity index (χ0v) is 14.6. The van der Waals surface area contributed by atoms with Crippen molar-refractivity contribution in [2.24, 2.45) is 5.92 Å². The number of sulfone groups is 1. The van der Waals surface area contributed by atoms with Gasteiger partial charge in [-0.1, -0.05) is 13.8 Å². The molecule has 0 spiro atoms. The van der Waals surface area contributed by atoms with Crippen LogP contribution in [0.3, 0.4) is 0 Å². The second kappa shape index (κ2) is 7.25. The zero-order valence-electron chi connectivity index (χ0n) is 13.8. The van der Waals surface area contributed by atoms with E-state index in [1.807, 2.05) is 6.92 Å². The Hall–Kier alpha value is -1.70. The number of rotatable bonds is 6. The van der Waals surface area contributed by atoms with Crippen LogP contribution in [0.5, 0.6) is 0 Å². The fourth-order valence-corrected chi connectivity index (χ4v) is 4.35.